The number of benzene rings is 2. The Hall–Kier alpha value is -3.60. The number of methoxy groups -OCH3 is 1. The molecule has 0 spiro atoms. The molecule has 1 amide bonds. The standard InChI is InChI=1S/C38H54N4O5Si/c1-10-12-19-42(20-13-11-2)36(44)33-24-41(6)35(40-33)30-18-17-26(37(45)46-7)21-32(30)34(43)29-16-14-15-27-23-39-28(22-31(27)29)25-47-48(8,9)38(3,4)5/h14-18,21,24,28,39H,10-13,19-20,22-23,25H2,1-9H3. The molecule has 1 aromatic heterocycles. The molecule has 4 rings (SSSR count). The number of nitrogens with one attached hydrogen (secondary N) is 1. The third-order valence-corrected chi connectivity index (χ3v) is 14.4. The van der Waals surface area contributed by atoms with Gasteiger partial charge in [0.1, 0.15) is 11.5 Å². The van der Waals surface area contributed by atoms with E-state index in [4.69, 9.17) is 14.1 Å². The summed E-state index contributed by atoms with van der Waals surface area (Å²) in [6, 6.07) is 10.8. The molecule has 1 N–H and O–H groups in total. The minimum absolute atomic E-state index is 0.0629. The molecule has 2 aromatic carbocycles. The first-order valence-corrected chi connectivity index (χ1v) is 20.2. The van der Waals surface area contributed by atoms with Crippen molar-refractivity contribution in [1.29, 1.82) is 0 Å². The molecule has 48 heavy (non-hydrogen) atoms. The average Bonchev–Trinajstić information content (AvgIpc) is 3.46. The number of carbonyl (C=O) groups is 3. The highest BCUT2D eigenvalue weighted by Crippen LogP contribution is 2.37. The van der Waals surface area contributed by atoms with E-state index in [-0.39, 0.29) is 28.3 Å². The van der Waals surface area contributed by atoms with Crippen LogP contribution in [0.25, 0.3) is 11.4 Å². The van der Waals surface area contributed by atoms with Crippen molar-refractivity contribution in [1.82, 2.24) is 19.8 Å². The maximum absolute atomic E-state index is 14.6. The van der Waals surface area contributed by atoms with Gasteiger partial charge < -0.3 is 23.9 Å². The number of carbonyl (C=O) groups excluding carboxylic acids is 3. The van der Waals surface area contributed by atoms with Crippen LogP contribution in [0.5, 0.6) is 0 Å². The molecule has 0 radical (unpaired) electrons. The Morgan fingerprint density at radius 2 is 1.73 bits per heavy atom. The number of nitrogens with zero attached hydrogens (tertiary/aromatic N) is 3. The maximum Gasteiger partial charge on any atom is 0.337 e. The minimum Gasteiger partial charge on any atom is -0.465 e. The summed E-state index contributed by atoms with van der Waals surface area (Å²) >= 11 is 0. The molecule has 3 aromatic rings. The Bertz CT molecular complexity index is 1620. The van der Waals surface area contributed by atoms with Crippen LogP contribution in [0.2, 0.25) is 18.1 Å². The number of amides is 1. The third kappa shape index (κ3) is 8.33. The highest BCUT2D eigenvalue weighted by atomic mass is 28.4. The second kappa shape index (κ2) is 15.7. The van der Waals surface area contributed by atoms with Crippen LogP contribution in [0.3, 0.4) is 0 Å². The molecule has 1 aliphatic heterocycles. The van der Waals surface area contributed by atoms with E-state index in [0.717, 1.165) is 36.8 Å². The molecular formula is C38H54N4O5Si. The van der Waals surface area contributed by atoms with Gasteiger partial charge in [-0.2, -0.15) is 0 Å². The second-order valence-electron chi connectivity index (χ2n) is 14.4. The van der Waals surface area contributed by atoms with E-state index in [1.165, 1.54) is 7.11 Å². The summed E-state index contributed by atoms with van der Waals surface area (Å²) in [4.78, 5) is 47.6. The molecule has 1 unspecified atom stereocenters. The fourth-order valence-electron chi connectivity index (χ4n) is 5.78. The third-order valence-electron chi connectivity index (χ3n) is 9.87. The lowest BCUT2D eigenvalue weighted by Gasteiger charge is -2.38. The molecule has 0 aliphatic carbocycles. The average molecular weight is 675 g/mol. The normalized spacial score (nSPS) is 14.8. The van der Waals surface area contributed by atoms with E-state index in [1.807, 2.05) is 24.1 Å². The second-order valence-corrected chi connectivity index (χ2v) is 19.2. The van der Waals surface area contributed by atoms with E-state index in [0.29, 0.717) is 60.9 Å². The zero-order valence-corrected chi connectivity index (χ0v) is 31.4. The molecule has 9 nitrogen and oxygen atoms in total. The highest BCUT2D eigenvalue weighted by molar-refractivity contribution is 6.74. The van der Waals surface area contributed by atoms with Crippen LogP contribution in [0.4, 0.5) is 0 Å². The lowest BCUT2D eigenvalue weighted by Crippen LogP contribution is -2.47. The largest absolute Gasteiger partial charge is 0.465 e. The lowest BCUT2D eigenvalue weighted by molar-refractivity contribution is 0.0600. The summed E-state index contributed by atoms with van der Waals surface area (Å²) in [6.07, 6.45) is 6.19. The van der Waals surface area contributed by atoms with Gasteiger partial charge in [0, 0.05) is 62.2 Å². The number of aromatic nitrogens is 2. The van der Waals surface area contributed by atoms with Gasteiger partial charge in [0.2, 0.25) is 0 Å². The van der Waals surface area contributed by atoms with Crippen molar-refractivity contribution < 1.29 is 23.5 Å². The van der Waals surface area contributed by atoms with E-state index < -0.39 is 14.3 Å². The number of hydrogen-bond acceptors (Lipinski definition) is 7. The smallest absolute Gasteiger partial charge is 0.337 e. The first-order chi connectivity index (χ1) is 22.7. The number of imidazole rings is 1. The van der Waals surface area contributed by atoms with Gasteiger partial charge in [-0.1, -0.05) is 65.7 Å². The van der Waals surface area contributed by atoms with Crippen molar-refractivity contribution in [3.8, 4) is 11.4 Å². The first kappa shape index (κ1) is 37.2. The van der Waals surface area contributed by atoms with E-state index >= 15 is 0 Å². The van der Waals surface area contributed by atoms with Gasteiger partial charge in [-0.15, -0.1) is 0 Å². The van der Waals surface area contributed by atoms with Gasteiger partial charge in [-0.3, -0.25) is 9.59 Å². The summed E-state index contributed by atoms with van der Waals surface area (Å²) in [5, 5.41) is 3.70. The van der Waals surface area contributed by atoms with Crippen LogP contribution < -0.4 is 5.32 Å². The van der Waals surface area contributed by atoms with Gasteiger partial charge in [0.05, 0.1) is 12.7 Å². The van der Waals surface area contributed by atoms with Gasteiger partial charge >= 0.3 is 5.97 Å². The summed E-state index contributed by atoms with van der Waals surface area (Å²) in [7, 11) is 1.20. The van der Waals surface area contributed by atoms with Crippen LogP contribution in [-0.2, 0) is 29.2 Å². The SMILES string of the molecule is CCCCN(CCCC)C(=O)c1cn(C)c(-c2ccc(C(=O)OC)cc2C(=O)c2cccc3c2CC(CO[Si](C)(C)C(C)(C)C)NC3)n1. The molecule has 2 heterocycles. The fraction of sp³-hybridized carbons (Fsp3) is 0.526. The Morgan fingerprint density at radius 1 is 1.04 bits per heavy atom. The fourth-order valence-corrected chi connectivity index (χ4v) is 6.83. The summed E-state index contributed by atoms with van der Waals surface area (Å²) in [5.41, 5.74) is 4.13. The van der Waals surface area contributed by atoms with Crippen molar-refractivity contribution in [2.45, 2.75) is 97.4 Å². The number of aryl methyl sites for hydroxylation is 1. The zero-order valence-electron chi connectivity index (χ0n) is 30.4. The first-order valence-electron chi connectivity index (χ1n) is 17.3. The van der Waals surface area contributed by atoms with E-state index in [1.54, 1.807) is 29.0 Å². The quantitative estimate of drug-likeness (QED) is 0.110. The number of hydrogen-bond donors (Lipinski definition) is 1. The van der Waals surface area contributed by atoms with Crippen LogP contribution in [0.1, 0.15) is 108 Å². The van der Waals surface area contributed by atoms with E-state index in [9.17, 15) is 14.4 Å². The van der Waals surface area contributed by atoms with Crippen molar-refractivity contribution in [2.24, 2.45) is 7.05 Å². The molecule has 0 saturated heterocycles. The summed E-state index contributed by atoms with van der Waals surface area (Å²) in [6.45, 7) is 18.0. The van der Waals surface area contributed by atoms with Crippen molar-refractivity contribution in [3.63, 3.8) is 0 Å². The Balaban J connectivity index is 1.72. The van der Waals surface area contributed by atoms with Gasteiger partial charge in [0.15, 0.2) is 14.1 Å². The number of fused-ring (bicyclic) bond motifs is 1. The summed E-state index contributed by atoms with van der Waals surface area (Å²) < 4.78 is 13.4. The van der Waals surface area contributed by atoms with Crippen molar-refractivity contribution >= 4 is 26.0 Å². The zero-order chi connectivity index (χ0) is 35.2. The van der Waals surface area contributed by atoms with Crippen LogP contribution in [-0.4, -0.2) is 73.3 Å². The number of ketones is 1. The molecule has 260 valence electrons. The van der Waals surface area contributed by atoms with Gasteiger partial charge in [0.25, 0.3) is 5.91 Å². The highest BCUT2D eigenvalue weighted by Gasteiger charge is 2.38. The van der Waals surface area contributed by atoms with Gasteiger partial charge in [-0.25, -0.2) is 9.78 Å². The van der Waals surface area contributed by atoms with Crippen molar-refractivity contribution in [3.05, 3.63) is 76.1 Å². The molecule has 1 aliphatic rings. The van der Waals surface area contributed by atoms with Crippen LogP contribution >= 0.6 is 0 Å². The topological polar surface area (TPSA) is 103 Å². The number of ether oxygens (including phenoxy) is 1. The number of esters is 1. The molecule has 0 saturated carbocycles. The maximum atomic E-state index is 14.6. The summed E-state index contributed by atoms with van der Waals surface area (Å²) in [5.74, 6) is -0.373. The van der Waals surface area contributed by atoms with Crippen LogP contribution in [0, 0.1) is 0 Å². The molecule has 1 atom stereocenters. The molecular weight excluding hydrogens is 621 g/mol. The predicted octanol–water partition coefficient (Wildman–Crippen LogP) is 7.18. The minimum atomic E-state index is -1.95. The van der Waals surface area contributed by atoms with E-state index in [2.05, 4.69) is 59.1 Å². The predicted molar refractivity (Wildman–Crippen MR) is 193 cm³/mol. The molecule has 0 fully saturated rings. The van der Waals surface area contributed by atoms with Crippen LogP contribution in [0.15, 0.2) is 42.6 Å². The Labute approximate surface area is 287 Å². The van der Waals surface area contributed by atoms with Crippen molar-refractivity contribution in [2.75, 3.05) is 26.8 Å². The number of rotatable bonds is 14. The monoisotopic (exact) mass is 674 g/mol. The molecule has 10 heteroatoms. The number of unbranched alkanes of at least 4 members (excludes halogenated alkanes) is 2. The Kier molecular flexibility index (Phi) is 12.2. The van der Waals surface area contributed by atoms with Gasteiger partial charge in [-0.05, 0) is 66.7 Å². The molecule has 0 bridgehead atoms. The Morgan fingerprint density at radius 3 is 2.35 bits per heavy atom. The lowest BCUT2D eigenvalue weighted by atomic mass is 9.87.